The van der Waals surface area contributed by atoms with Gasteiger partial charge in [0.1, 0.15) is 0 Å². The lowest BCUT2D eigenvalue weighted by Crippen LogP contribution is -1.96. The third-order valence-corrected chi connectivity index (χ3v) is 2.83. The van der Waals surface area contributed by atoms with Gasteiger partial charge in [-0.25, -0.2) is 8.42 Å². The number of halogens is 1. The maximum Gasteiger partial charge on any atom is 0.176 e. The van der Waals surface area contributed by atoms with Crippen LogP contribution in [0.2, 0.25) is 5.02 Å². The van der Waals surface area contributed by atoms with E-state index in [1.807, 2.05) is 13.8 Å². The van der Waals surface area contributed by atoms with Crippen LogP contribution >= 0.6 is 11.6 Å². The summed E-state index contributed by atoms with van der Waals surface area (Å²) in [6.07, 6.45) is 1.13. The average molecular weight is 221 g/mol. The first kappa shape index (κ1) is 12.5. The Bertz CT molecular complexity index is 358. The molecular weight excluding hydrogens is 208 g/mol. The van der Waals surface area contributed by atoms with E-state index >= 15 is 0 Å². The SMILES string of the molecule is CC.CS(=O)(=O)c1ccccc1Cl. The van der Waals surface area contributed by atoms with E-state index in [0.717, 1.165) is 6.26 Å². The topological polar surface area (TPSA) is 34.1 Å². The van der Waals surface area contributed by atoms with Gasteiger partial charge in [0, 0.05) is 6.26 Å². The smallest absolute Gasteiger partial charge is 0.176 e. The summed E-state index contributed by atoms with van der Waals surface area (Å²) in [5, 5.41) is 0.273. The molecule has 0 fully saturated rings. The Balaban J connectivity index is 0.000000671. The van der Waals surface area contributed by atoms with Crippen LogP contribution < -0.4 is 0 Å². The van der Waals surface area contributed by atoms with Crippen molar-refractivity contribution in [2.75, 3.05) is 6.26 Å². The molecule has 74 valence electrons. The molecule has 1 aromatic carbocycles. The van der Waals surface area contributed by atoms with Crippen LogP contribution in [0.15, 0.2) is 29.2 Å². The maximum absolute atomic E-state index is 11.0. The second kappa shape index (κ2) is 5.25. The number of hydrogen-bond donors (Lipinski definition) is 0. The van der Waals surface area contributed by atoms with Crippen molar-refractivity contribution in [1.82, 2.24) is 0 Å². The molecule has 0 bridgehead atoms. The predicted molar refractivity (Wildman–Crippen MR) is 55.9 cm³/mol. The van der Waals surface area contributed by atoms with Gasteiger partial charge < -0.3 is 0 Å². The molecule has 0 aliphatic heterocycles. The van der Waals surface area contributed by atoms with Crippen LogP contribution in [0.3, 0.4) is 0 Å². The normalized spacial score (nSPS) is 10.2. The van der Waals surface area contributed by atoms with E-state index in [1.54, 1.807) is 18.2 Å². The zero-order valence-corrected chi connectivity index (χ0v) is 9.48. The van der Waals surface area contributed by atoms with Crippen molar-refractivity contribution in [2.45, 2.75) is 18.7 Å². The van der Waals surface area contributed by atoms with Crippen LogP contribution in [-0.2, 0) is 9.84 Å². The number of sulfone groups is 1. The predicted octanol–water partition coefficient (Wildman–Crippen LogP) is 2.77. The fraction of sp³-hybridized carbons (Fsp3) is 0.333. The second-order valence-electron chi connectivity index (χ2n) is 2.20. The van der Waals surface area contributed by atoms with E-state index in [2.05, 4.69) is 0 Å². The molecule has 0 radical (unpaired) electrons. The van der Waals surface area contributed by atoms with Gasteiger partial charge in [0.2, 0.25) is 0 Å². The molecule has 0 saturated heterocycles. The van der Waals surface area contributed by atoms with Crippen molar-refractivity contribution < 1.29 is 8.42 Å². The lowest BCUT2D eigenvalue weighted by molar-refractivity contribution is 0.602. The highest BCUT2D eigenvalue weighted by Crippen LogP contribution is 2.19. The van der Waals surface area contributed by atoms with E-state index in [9.17, 15) is 8.42 Å². The Labute approximate surface area is 84.5 Å². The van der Waals surface area contributed by atoms with Crippen LogP contribution in [0.25, 0.3) is 0 Å². The summed E-state index contributed by atoms with van der Waals surface area (Å²) in [5.74, 6) is 0. The second-order valence-corrected chi connectivity index (χ2v) is 4.59. The Morgan fingerprint density at radius 1 is 1.15 bits per heavy atom. The average Bonchev–Trinajstić information content (AvgIpc) is 2.07. The molecule has 0 aromatic heterocycles. The van der Waals surface area contributed by atoms with Crippen molar-refractivity contribution in [1.29, 1.82) is 0 Å². The number of rotatable bonds is 1. The van der Waals surface area contributed by atoms with Crippen molar-refractivity contribution in [3.05, 3.63) is 29.3 Å². The summed E-state index contributed by atoms with van der Waals surface area (Å²) in [5.41, 5.74) is 0. The Morgan fingerprint density at radius 3 is 1.92 bits per heavy atom. The van der Waals surface area contributed by atoms with Gasteiger partial charge in [0.05, 0.1) is 9.92 Å². The quantitative estimate of drug-likeness (QED) is 0.730. The van der Waals surface area contributed by atoms with Gasteiger partial charge in [-0.05, 0) is 12.1 Å². The summed E-state index contributed by atoms with van der Waals surface area (Å²) in [6, 6.07) is 6.37. The molecule has 1 rings (SSSR count). The highest BCUT2D eigenvalue weighted by molar-refractivity contribution is 7.90. The van der Waals surface area contributed by atoms with Gasteiger partial charge in [-0.15, -0.1) is 0 Å². The van der Waals surface area contributed by atoms with Crippen molar-refractivity contribution in [2.24, 2.45) is 0 Å². The monoisotopic (exact) mass is 220 g/mol. The van der Waals surface area contributed by atoms with E-state index in [4.69, 9.17) is 11.6 Å². The molecule has 0 atom stereocenters. The van der Waals surface area contributed by atoms with Gasteiger partial charge in [0.25, 0.3) is 0 Å². The standard InChI is InChI=1S/C7H7ClO2S.C2H6/c1-11(9,10)7-5-3-2-4-6(7)8;1-2/h2-5H,1H3;1-2H3. The molecule has 0 aliphatic rings. The molecule has 0 saturated carbocycles. The van der Waals surface area contributed by atoms with Crippen LogP contribution in [0, 0.1) is 0 Å². The van der Waals surface area contributed by atoms with E-state index in [0.29, 0.717) is 0 Å². The summed E-state index contributed by atoms with van der Waals surface area (Å²) in [6.45, 7) is 4.00. The lowest BCUT2D eigenvalue weighted by atomic mass is 10.4. The third-order valence-electron chi connectivity index (χ3n) is 1.24. The first-order valence-electron chi connectivity index (χ1n) is 3.96. The van der Waals surface area contributed by atoms with E-state index in [1.165, 1.54) is 6.07 Å². The molecule has 0 unspecified atom stereocenters. The van der Waals surface area contributed by atoms with Gasteiger partial charge in [0.15, 0.2) is 9.84 Å². The van der Waals surface area contributed by atoms with Crippen molar-refractivity contribution in [3.8, 4) is 0 Å². The van der Waals surface area contributed by atoms with Gasteiger partial charge in [-0.3, -0.25) is 0 Å². The Hall–Kier alpha value is -0.540. The molecular formula is C9H13ClO2S. The third kappa shape index (κ3) is 3.79. The van der Waals surface area contributed by atoms with Gasteiger partial charge >= 0.3 is 0 Å². The van der Waals surface area contributed by atoms with Crippen LogP contribution in [0.5, 0.6) is 0 Å². The zero-order valence-electron chi connectivity index (χ0n) is 7.91. The first-order chi connectivity index (χ1) is 6.02. The minimum atomic E-state index is -3.17. The fourth-order valence-electron chi connectivity index (χ4n) is 0.745. The van der Waals surface area contributed by atoms with Crippen LogP contribution in [-0.4, -0.2) is 14.7 Å². The van der Waals surface area contributed by atoms with Crippen LogP contribution in [0.1, 0.15) is 13.8 Å². The highest BCUT2D eigenvalue weighted by atomic mass is 35.5. The molecule has 0 aliphatic carbocycles. The summed E-state index contributed by atoms with van der Waals surface area (Å²) in [7, 11) is -3.17. The lowest BCUT2D eigenvalue weighted by Gasteiger charge is -1.98. The summed E-state index contributed by atoms with van der Waals surface area (Å²) >= 11 is 5.63. The number of hydrogen-bond acceptors (Lipinski definition) is 2. The van der Waals surface area contributed by atoms with Crippen molar-refractivity contribution >= 4 is 21.4 Å². The number of benzene rings is 1. The molecule has 4 heteroatoms. The zero-order chi connectivity index (χ0) is 10.5. The molecule has 0 heterocycles. The molecule has 13 heavy (non-hydrogen) atoms. The summed E-state index contributed by atoms with van der Waals surface area (Å²) in [4.78, 5) is 0.182. The first-order valence-corrected chi connectivity index (χ1v) is 6.23. The largest absolute Gasteiger partial charge is 0.224 e. The van der Waals surface area contributed by atoms with Gasteiger partial charge in [-0.1, -0.05) is 37.6 Å². The Morgan fingerprint density at radius 2 is 1.62 bits per heavy atom. The minimum absolute atomic E-state index is 0.182. The summed E-state index contributed by atoms with van der Waals surface area (Å²) < 4.78 is 21.9. The molecule has 0 amide bonds. The van der Waals surface area contributed by atoms with Gasteiger partial charge in [-0.2, -0.15) is 0 Å². The molecule has 1 aromatic rings. The minimum Gasteiger partial charge on any atom is -0.224 e. The molecule has 0 N–H and O–H groups in total. The van der Waals surface area contributed by atoms with E-state index < -0.39 is 9.84 Å². The fourth-order valence-corrected chi connectivity index (χ4v) is 2.05. The Kier molecular flexibility index (Phi) is 5.03. The highest BCUT2D eigenvalue weighted by Gasteiger charge is 2.09. The molecule has 0 spiro atoms. The maximum atomic E-state index is 11.0. The van der Waals surface area contributed by atoms with Crippen LogP contribution in [0.4, 0.5) is 0 Å². The van der Waals surface area contributed by atoms with Crippen molar-refractivity contribution in [3.63, 3.8) is 0 Å². The molecule has 2 nitrogen and oxygen atoms in total. The van der Waals surface area contributed by atoms with E-state index in [-0.39, 0.29) is 9.92 Å².